The predicted molar refractivity (Wildman–Crippen MR) is 100 cm³/mol. The number of hydrogen-bond donors (Lipinski definition) is 0. The first kappa shape index (κ1) is 17.6. The van der Waals surface area contributed by atoms with E-state index in [9.17, 15) is 8.42 Å². The Bertz CT molecular complexity index is 854. The summed E-state index contributed by atoms with van der Waals surface area (Å²) in [5.41, 5.74) is 1.98. The van der Waals surface area contributed by atoms with Crippen molar-refractivity contribution in [2.75, 3.05) is 26.7 Å². The number of piperidine rings is 1. The minimum Gasteiger partial charge on any atom is -0.497 e. The highest BCUT2D eigenvalue weighted by molar-refractivity contribution is 7.86. The summed E-state index contributed by atoms with van der Waals surface area (Å²) >= 11 is 0. The molecule has 0 aliphatic carbocycles. The molecule has 1 aromatic carbocycles. The molecule has 2 aliphatic rings. The van der Waals surface area contributed by atoms with Gasteiger partial charge < -0.3 is 9.30 Å². The Kier molecular flexibility index (Phi) is 4.77. The van der Waals surface area contributed by atoms with Crippen LogP contribution in [0.15, 0.2) is 42.6 Å². The molecule has 1 atom stereocenters. The fourth-order valence-electron chi connectivity index (χ4n) is 3.98. The minimum atomic E-state index is -3.50. The summed E-state index contributed by atoms with van der Waals surface area (Å²) in [6.45, 7) is 2.41. The van der Waals surface area contributed by atoms with Gasteiger partial charge in [0.25, 0.3) is 10.2 Å². The van der Waals surface area contributed by atoms with Crippen molar-refractivity contribution in [1.82, 2.24) is 13.2 Å². The number of ether oxygens (including phenoxy) is 1. The molecule has 0 N–H and O–H groups in total. The second-order valence-electron chi connectivity index (χ2n) is 6.88. The SMILES string of the molecule is COc1ccc(C2c3cccn3CCN2S(=O)(=O)N2CCCCC2)cc1. The Morgan fingerprint density at radius 3 is 2.38 bits per heavy atom. The summed E-state index contributed by atoms with van der Waals surface area (Å²) in [4.78, 5) is 0. The van der Waals surface area contributed by atoms with E-state index in [4.69, 9.17) is 4.74 Å². The van der Waals surface area contributed by atoms with Gasteiger partial charge in [0.1, 0.15) is 5.75 Å². The van der Waals surface area contributed by atoms with Gasteiger partial charge in [-0.2, -0.15) is 17.0 Å². The van der Waals surface area contributed by atoms with Crippen molar-refractivity contribution < 1.29 is 13.2 Å². The van der Waals surface area contributed by atoms with Crippen molar-refractivity contribution in [2.24, 2.45) is 0 Å². The Labute approximate surface area is 155 Å². The molecule has 6 nitrogen and oxygen atoms in total. The second-order valence-corrected chi connectivity index (χ2v) is 8.76. The maximum absolute atomic E-state index is 13.4. The lowest BCUT2D eigenvalue weighted by atomic mass is 10.0. The summed E-state index contributed by atoms with van der Waals surface area (Å²) in [7, 11) is -1.86. The van der Waals surface area contributed by atoms with E-state index in [1.54, 1.807) is 15.7 Å². The van der Waals surface area contributed by atoms with E-state index in [-0.39, 0.29) is 6.04 Å². The largest absolute Gasteiger partial charge is 0.497 e. The summed E-state index contributed by atoms with van der Waals surface area (Å²) in [5, 5.41) is 0. The summed E-state index contributed by atoms with van der Waals surface area (Å²) in [5.74, 6) is 0.769. The average Bonchev–Trinajstić information content (AvgIpc) is 3.17. The predicted octanol–water partition coefficient (Wildman–Crippen LogP) is 2.63. The van der Waals surface area contributed by atoms with Gasteiger partial charge in [-0.05, 0) is 42.7 Å². The van der Waals surface area contributed by atoms with Crippen LogP contribution in [0.3, 0.4) is 0 Å². The third-order valence-electron chi connectivity index (χ3n) is 5.36. The summed E-state index contributed by atoms with van der Waals surface area (Å²) < 4.78 is 37.5. The van der Waals surface area contributed by atoms with Gasteiger partial charge in [0.05, 0.1) is 13.2 Å². The van der Waals surface area contributed by atoms with E-state index in [2.05, 4.69) is 4.57 Å². The van der Waals surface area contributed by atoms with E-state index < -0.39 is 10.2 Å². The topological polar surface area (TPSA) is 54.8 Å². The van der Waals surface area contributed by atoms with E-state index in [0.29, 0.717) is 26.2 Å². The molecular weight excluding hydrogens is 350 g/mol. The lowest BCUT2D eigenvalue weighted by molar-refractivity contribution is 0.254. The fourth-order valence-corrected chi connectivity index (χ4v) is 5.80. The number of aromatic nitrogens is 1. The smallest absolute Gasteiger partial charge is 0.282 e. The monoisotopic (exact) mass is 375 g/mol. The molecule has 1 unspecified atom stereocenters. The van der Waals surface area contributed by atoms with Crippen LogP contribution >= 0.6 is 0 Å². The van der Waals surface area contributed by atoms with E-state index >= 15 is 0 Å². The number of rotatable bonds is 4. The van der Waals surface area contributed by atoms with E-state index in [1.165, 1.54) is 0 Å². The first-order valence-electron chi connectivity index (χ1n) is 9.17. The zero-order chi connectivity index (χ0) is 18.1. The first-order valence-corrected chi connectivity index (χ1v) is 10.6. The third kappa shape index (κ3) is 3.04. The van der Waals surface area contributed by atoms with Crippen molar-refractivity contribution in [2.45, 2.75) is 31.8 Å². The van der Waals surface area contributed by atoms with Crippen LogP contribution in [0, 0.1) is 0 Å². The Balaban J connectivity index is 1.75. The third-order valence-corrected chi connectivity index (χ3v) is 7.37. The van der Waals surface area contributed by atoms with E-state index in [0.717, 1.165) is 36.3 Å². The zero-order valence-corrected chi connectivity index (χ0v) is 15.9. The quantitative estimate of drug-likeness (QED) is 0.825. The van der Waals surface area contributed by atoms with Gasteiger partial charge in [0.15, 0.2) is 0 Å². The Hall–Kier alpha value is -1.83. The van der Waals surface area contributed by atoms with Gasteiger partial charge in [-0.3, -0.25) is 0 Å². The van der Waals surface area contributed by atoms with Crippen LogP contribution in [0.25, 0.3) is 0 Å². The van der Waals surface area contributed by atoms with Gasteiger partial charge in [0.2, 0.25) is 0 Å². The first-order chi connectivity index (χ1) is 12.6. The second kappa shape index (κ2) is 7.06. The van der Waals surface area contributed by atoms with Crippen molar-refractivity contribution in [3.05, 3.63) is 53.9 Å². The number of methoxy groups -OCH3 is 1. The molecule has 1 fully saturated rings. The van der Waals surface area contributed by atoms with Crippen LogP contribution < -0.4 is 4.74 Å². The van der Waals surface area contributed by atoms with Crippen molar-refractivity contribution >= 4 is 10.2 Å². The summed E-state index contributed by atoms with van der Waals surface area (Å²) in [6.07, 6.45) is 5.01. The van der Waals surface area contributed by atoms with Gasteiger partial charge in [-0.1, -0.05) is 18.6 Å². The van der Waals surface area contributed by atoms with Crippen LogP contribution in [0.2, 0.25) is 0 Å². The molecule has 0 bridgehead atoms. The molecule has 3 heterocycles. The average molecular weight is 375 g/mol. The fraction of sp³-hybridized carbons (Fsp3) is 0.474. The maximum atomic E-state index is 13.4. The molecule has 4 rings (SSSR count). The maximum Gasteiger partial charge on any atom is 0.282 e. The van der Waals surface area contributed by atoms with Gasteiger partial charge >= 0.3 is 0 Å². The van der Waals surface area contributed by atoms with Gasteiger partial charge in [0, 0.05) is 38.1 Å². The molecule has 0 amide bonds. The molecule has 0 saturated carbocycles. The molecule has 1 aromatic heterocycles. The van der Waals surface area contributed by atoms with Crippen LogP contribution in [0.4, 0.5) is 0 Å². The zero-order valence-electron chi connectivity index (χ0n) is 15.0. The Morgan fingerprint density at radius 1 is 0.962 bits per heavy atom. The van der Waals surface area contributed by atoms with Crippen molar-refractivity contribution in [3.63, 3.8) is 0 Å². The molecule has 0 radical (unpaired) electrons. The number of benzene rings is 1. The van der Waals surface area contributed by atoms with E-state index in [1.807, 2.05) is 42.6 Å². The van der Waals surface area contributed by atoms with Crippen LogP contribution in [0.1, 0.15) is 36.6 Å². The highest BCUT2D eigenvalue weighted by Gasteiger charge is 2.40. The van der Waals surface area contributed by atoms with Crippen molar-refractivity contribution in [1.29, 1.82) is 0 Å². The molecule has 0 spiro atoms. The number of nitrogens with zero attached hydrogens (tertiary/aromatic N) is 3. The number of hydrogen-bond acceptors (Lipinski definition) is 3. The standard InChI is InChI=1S/C19H25N3O3S/c1-25-17-9-7-16(8-10-17)19-18-6-5-11-20(18)14-15-22(19)26(23,24)21-12-3-2-4-13-21/h5-11,19H,2-4,12-15H2,1H3. The molecule has 7 heteroatoms. The lowest BCUT2D eigenvalue weighted by Gasteiger charge is -2.40. The molecule has 140 valence electrons. The van der Waals surface area contributed by atoms with Crippen LogP contribution in [-0.4, -0.2) is 48.3 Å². The summed E-state index contributed by atoms with van der Waals surface area (Å²) in [6, 6.07) is 11.4. The number of fused-ring (bicyclic) bond motifs is 1. The minimum absolute atomic E-state index is 0.309. The molecule has 2 aromatic rings. The molecule has 2 aliphatic heterocycles. The van der Waals surface area contributed by atoms with Crippen LogP contribution in [-0.2, 0) is 16.8 Å². The van der Waals surface area contributed by atoms with Crippen molar-refractivity contribution in [3.8, 4) is 5.75 Å². The van der Waals surface area contributed by atoms with Gasteiger partial charge in [-0.25, -0.2) is 0 Å². The normalized spacial score (nSPS) is 22.1. The highest BCUT2D eigenvalue weighted by atomic mass is 32.2. The molecular formula is C19H25N3O3S. The van der Waals surface area contributed by atoms with Crippen LogP contribution in [0.5, 0.6) is 5.75 Å². The van der Waals surface area contributed by atoms with Gasteiger partial charge in [-0.15, -0.1) is 0 Å². The Morgan fingerprint density at radius 2 is 1.69 bits per heavy atom. The highest BCUT2D eigenvalue weighted by Crippen LogP contribution is 2.36. The lowest BCUT2D eigenvalue weighted by Crippen LogP contribution is -2.50. The molecule has 1 saturated heterocycles. The molecule has 26 heavy (non-hydrogen) atoms.